The number of Topliss-reactive ketones (excluding diaryl/α,β-unsaturated/α-hetero) is 1. The molecule has 0 saturated heterocycles. The zero-order valence-corrected chi connectivity index (χ0v) is 15.5. The Morgan fingerprint density at radius 1 is 0.909 bits per heavy atom. The van der Waals surface area contributed by atoms with E-state index in [1.165, 1.54) is 0 Å². The maximum Gasteiger partial charge on any atom is 0.306 e. The fourth-order valence-electron chi connectivity index (χ4n) is 1.97. The summed E-state index contributed by atoms with van der Waals surface area (Å²) in [5, 5.41) is 0. The van der Waals surface area contributed by atoms with Gasteiger partial charge in [-0.3, -0.25) is 9.59 Å². The average molecular weight is 314 g/mol. The van der Waals surface area contributed by atoms with Gasteiger partial charge in [-0.15, -0.1) is 0 Å². The summed E-state index contributed by atoms with van der Waals surface area (Å²) in [5.74, 6) is 0.155. The SMILES string of the molecule is COC(C)(C)CCC(C)(C)OC(=O)CCCCC(=O)C(C)C. The number of ether oxygens (including phenoxy) is 2. The molecule has 4 heteroatoms. The van der Waals surface area contributed by atoms with E-state index in [0.717, 1.165) is 19.3 Å². The van der Waals surface area contributed by atoms with Crippen LogP contribution >= 0.6 is 0 Å². The Hall–Kier alpha value is -0.900. The number of carbonyl (C=O) groups excluding carboxylic acids is 2. The molecule has 0 unspecified atom stereocenters. The van der Waals surface area contributed by atoms with E-state index in [-0.39, 0.29) is 23.3 Å². The van der Waals surface area contributed by atoms with Crippen LogP contribution in [0.5, 0.6) is 0 Å². The lowest BCUT2D eigenvalue weighted by molar-refractivity contribution is -0.158. The molecule has 0 spiro atoms. The van der Waals surface area contributed by atoms with Crippen LogP contribution in [-0.4, -0.2) is 30.1 Å². The normalized spacial score (nSPS) is 12.5. The van der Waals surface area contributed by atoms with E-state index < -0.39 is 5.60 Å². The van der Waals surface area contributed by atoms with E-state index in [2.05, 4.69) is 0 Å². The topological polar surface area (TPSA) is 52.6 Å². The third-order valence-electron chi connectivity index (χ3n) is 3.97. The summed E-state index contributed by atoms with van der Waals surface area (Å²) < 4.78 is 10.9. The molecule has 0 heterocycles. The zero-order chi connectivity index (χ0) is 17.4. The molecule has 4 nitrogen and oxygen atoms in total. The fraction of sp³-hybridized carbons (Fsp3) is 0.889. The van der Waals surface area contributed by atoms with Crippen LogP contribution in [0.25, 0.3) is 0 Å². The first kappa shape index (κ1) is 21.1. The molecule has 0 aliphatic carbocycles. The lowest BCUT2D eigenvalue weighted by Gasteiger charge is -2.30. The molecule has 0 aliphatic heterocycles. The molecule has 0 radical (unpaired) electrons. The fourth-order valence-corrected chi connectivity index (χ4v) is 1.97. The van der Waals surface area contributed by atoms with Crippen molar-refractivity contribution in [2.24, 2.45) is 5.92 Å². The van der Waals surface area contributed by atoms with Crippen molar-refractivity contribution in [2.75, 3.05) is 7.11 Å². The number of unbranched alkanes of at least 4 members (excludes halogenated alkanes) is 1. The number of hydrogen-bond acceptors (Lipinski definition) is 4. The molecule has 0 aromatic heterocycles. The number of carbonyl (C=O) groups is 2. The molecular formula is C18H34O4. The molecule has 0 aromatic carbocycles. The lowest BCUT2D eigenvalue weighted by atomic mass is 9.94. The maximum absolute atomic E-state index is 11.9. The van der Waals surface area contributed by atoms with Gasteiger partial charge in [-0.25, -0.2) is 0 Å². The second-order valence-electron chi connectivity index (χ2n) is 7.53. The van der Waals surface area contributed by atoms with Gasteiger partial charge in [0.1, 0.15) is 11.4 Å². The summed E-state index contributed by atoms with van der Waals surface area (Å²) in [6, 6.07) is 0. The molecule has 0 atom stereocenters. The Morgan fingerprint density at radius 2 is 1.41 bits per heavy atom. The summed E-state index contributed by atoms with van der Waals surface area (Å²) in [6.45, 7) is 11.7. The Morgan fingerprint density at radius 3 is 1.91 bits per heavy atom. The molecular weight excluding hydrogens is 280 g/mol. The Bertz CT molecular complexity index is 356. The highest BCUT2D eigenvalue weighted by atomic mass is 16.6. The summed E-state index contributed by atoms with van der Waals surface area (Å²) >= 11 is 0. The molecule has 0 rings (SSSR count). The Balaban J connectivity index is 4.01. The van der Waals surface area contributed by atoms with E-state index in [1.54, 1.807) is 7.11 Å². The van der Waals surface area contributed by atoms with Crippen LogP contribution in [-0.2, 0) is 19.1 Å². The van der Waals surface area contributed by atoms with Crippen LogP contribution < -0.4 is 0 Å². The highest BCUT2D eigenvalue weighted by Gasteiger charge is 2.27. The molecule has 0 saturated carbocycles. The third-order valence-corrected chi connectivity index (χ3v) is 3.97. The first-order valence-electron chi connectivity index (χ1n) is 8.29. The number of rotatable bonds is 11. The first-order valence-corrected chi connectivity index (χ1v) is 8.29. The van der Waals surface area contributed by atoms with Gasteiger partial charge in [-0.2, -0.15) is 0 Å². The molecule has 0 fully saturated rings. The van der Waals surface area contributed by atoms with Crippen molar-refractivity contribution in [1.82, 2.24) is 0 Å². The van der Waals surface area contributed by atoms with E-state index >= 15 is 0 Å². The standard InChI is InChI=1S/C18H34O4/c1-14(2)15(19)10-8-9-11-16(20)22-18(5,6)13-12-17(3,4)21-7/h14H,8-13H2,1-7H3. The van der Waals surface area contributed by atoms with Gasteiger partial charge in [0.2, 0.25) is 0 Å². The molecule has 22 heavy (non-hydrogen) atoms. The molecule has 130 valence electrons. The van der Waals surface area contributed by atoms with E-state index in [4.69, 9.17) is 9.47 Å². The molecule has 0 N–H and O–H groups in total. The minimum Gasteiger partial charge on any atom is -0.460 e. The second-order valence-corrected chi connectivity index (χ2v) is 7.53. The van der Waals surface area contributed by atoms with E-state index in [0.29, 0.717) is 19.3 Å². The molecule has 0 aromatic rings. The van der Waals surface area contributed by atoms with Gasteiger partial charge in [0.05, 0.1) is 5.60 Å². The number of esters is 1. The number of ketones is 1. The van der Waals surface area contributed by atoms with Gasteiger partial charge >= 0.3 is 5.97 Å². The van der Waals surface area contributed by atoms with E-state index in [9.17, 15) is 9.59 Å². The molecule has 0 bridgehead atoms. The second kappa shape index (κ2) is 9.29. The van der Waals surface area contributed by atoms with Crippen molar-refractivity contribution < 1.29 is 19.1 Å². The van der Waals surface area contributed by atoms with Gasteiger partial charge in [-0.05, 0) is 53.4 Å². The van der Waals surface area contributed by atoms with Gasteiger partial charge in [0, 0.05) is 25.9 Å². The quantitative estimate of drug-likeness (QED) is 0.421. The minimum atomic E-state index is -0.485. The summed E-state index contributed by atoms with van der Waals surface area (Å²) in [5.41, 5.74) is -0.693. The van der Waals surface area contributed by atoms with Crippen molar-refractivity contribution in [2.45, 2.75) is 91.3 Å². The molecule has 0 amide bonds. The summed E-state index contributed by atoms with van der Waals surface area (Å²) in [4.78, 5) is 23.4. The number of methoxy groups -OCH3 is 1. The van der Waals surface area contributed by atoms with Crippen LogP contribution in [0.2, 0.25) is 0 Å². The smallest absolute Gasteiger partial charge is 0.306 e. The van der Waals surface area contributed by atoms with Gasteiger partial charge in [0.25, 0.3) is 0 Å². The minimum absolute atomic E-state index is 0.0787. The van der Waals surface area contributed by atoms with Gasteiger partial charge in [0.15, 0.2) is 0 Å². The van der Waals surface area contributed by atoms with Crippen LogP contribution in [0, 0.1) is 5.92 Å². The van der Waals surface area contributed by atoms with Crippen LogP contribution in [0.4, 0.5) is 0 Å². The van der Waals surface area contributed by atoms with Crippen molar-refractivity contribution in [1.29, 1.82) is 0 Å². The van der Waals surface area contributed by atoms with Crippen LogP contribution in [0.15, 0.2) is 0 Å². The largest absolute Gasteiger partial charge is 0.460 e. The predicted octanol–water partition coefficient (Wildman–Crippen LogP) is 4.30. The van der Waals surface area contributed by atoms with Crippen molar-refractivity contribution >= 4 is 11.8 Å². The van der Waals surface area contributed by atoms with Crippen molar-refractivity contribution in [3.63, 3.8) is 0 Å². The number of hydrogen-bond donors (Lipinski definition) is 0. The maximum atomic E-state index is 11.9. The average Bonchev–Trinajstić information content (AvgIpc) is 2.41. The van der Waals surface area contributed by atoms with Gasteiger partial charge in [-0.1, -0.05) is 13.8 Å². The Labute approximate surface area is 135 Å². The van der Waals surface area contributed by atoms with Crippen LogP contribution in [0.3, 0.4) is 0 Å². The lowest BCUT2D eigenvalue weighted by Crippen LogP contribution is -2.32. The van der Waals surface area contributed by atoms with E-state index in [1.807, 2.05) is 41.5 Å². The predicted molar refractivity (Wildman–Crippen MR) is 88.8 cm³/mol. The highest BCUT2D eigenvalue weighted by Crippen LogP contribution is 2.24. The highest BCUT2D eigenvalue weighted by molar-refractivity contribution is 5.80. The Kier molecular flexibility index (Phi) is 8.91. The first-order chi connectivity index (χ1) is 9.99. The molecule has 0 aliphatic rings. The monoisotopic (exact) mass is 314 g/mol. The third kappa shape index (κ3) is 9.93. The summed E-state index contributed by atoms with van der Waals surface area (Å²) in [7, 11) is 1.69. The van der Waals surface area contributed by atoms with Crippen molar-refractivity contribution in [3.05, 3.63) is 0 Å². The van der Waals surface area contributed by atoms with Gasteiger partial charge < -0.3 is 9.47 Å². The zero-order valence-electron chi connectivity index (χ0n) is 15.5. The summed E-state index contributed by atoms with van der Waals surface area (Å²) in [6.07, 6.45) is 3.97. The van der Waals surface area contributed by atoms with Crippen molar-refractivity contribution in [3.8, 4) is 0 Å². The van der Waals surface area contributed by atoms with Crippen LogP contribution in [0.1, 0.15) is 80.1 Å².